The first-order chi connectivity index (χ1) is 12.0. The van der Waals surface area contributed by atoms with Crippen LogP contribution in [0.4, 0.5) is 5.69 Å². The van der Waals surface area contributed by atoms with Crippen molar-refractivity contribution in [2.45, 2.75) is 25.9 Å². The van der Waals surface area contributed by atoms with Gasteiger partial charge >= 0.3 is 0 Å². The van der Waals surface area contributed by atoms with Crippen LogP contribution in [0.15, 0.2) is 48.5 Å². The summed E-state index contributed by atoms with van der Waals surface area (Å²) in [6.45, 7) is 3.24. The number of halogens is 1. The predicted octanol–water partition coefficient (Wildman–Crippen LogP) is 4.03. The first-order valence-electron chi connectivity index (χ1n) is 8.44. The summed E-state index contributed by atoms with van der Waals surface area (Å²) in [5.74, 6) is -0.0409. The molecule has 0 aliphatic carbocycles. The molecule has 4 nitrogen and oxygen atoms in total. The maximum atomic E-state index is 12.1. The largest absolute Gasteiger partial charge is 0.388 e. The van der Waals surface area contributed by atoms with Crippen molar-refractivity contribution in [1.82, 2.24) is 4.90 Å². The zero-order valence-electron chi connectivity index (χ0n) is 14.7. The molecule has 0 saturated heterocycles. The van der Waals surface area contributed by atoms with Crippen LogP contribution in [0.5, 0.6) is 0 Å². The van der Waals surface area contributed by atoms with Crippen LogP contribution in [0.25, 0.3) is 0 Å². The quantitative estimate of drug-likeness (QED) is 0.747. The number of aliphatic hydroxyl groups excluding tert-OH is 1. The van der Waals surface area contributed by atoms with E-state index < -0.39 is 6.10 Å². The zero-order chi connectivity index (χ0) is 18.2. The lowest BCUT2D eigenvalue weighted by atomic mass is 10.1. The first kappa shape index (κ1) is 19.4. The van der Waals surface area contributed by atoms with Crippen molar-refractivity contribution in [3.8, 4) is 0 Å². The fourth-order valence-electron chi connectivity index (χ4n) is 2.54. The van der Waals surface area contributed by atoms with Gasteiger partial charge in [0.1, 0.15) is 0 Å². The van der Waals surface area contributed by atoms with Crippen LogP contribution in [0.3, 0.4) is 0 Å². The molecule has 0 radical (unpaired) electrons. The molecule has 0 spiro atoms. The Bertz CT molecular complexity index is 691. The molecule has 0 bridgehead atoms. The van der Waals surface area contributed by atoms with Crippen molar-refractivity contribution in [2.24, 2.45) is 0 Å². The lowest BCUT2D eigenvalue weighted by molar-refractivity contribution is -0.116. The van der Waals surface area contributed by atoms with E-state index in [4.69, 9.17) is 11.6 Å². The van der Waals surface area contributed by atoms with E-state index in [-0.39, 0.29) is 5.91 Å². The van der Waals surface area contributed by atoms with Crippen molar-refractivity contribution in [3.05, 3.63) is 64.7 Å². The number of hydrogen-bond acceptors (Lipinski definition) is 3. The Kier molecular flexibility index (Phi) is 7.44. The van der Waals surface area contributed by atoms with E-state index in [0.717, 1.165) is 23.4 Å². The molecule has 0 aliphatic heterocycles. The molecular weight excluding hydrogens is 336 g/mol. The predicted molar refractivity (Wildman–Crippen MR) is 103 cm³/mol. The van der Waals surface area contributed by atoms with Crippen LogP contribution >= 0.6 is 11.6 Å². The number of aliphatic hydroxyl groups is 1. The van der Waals surface area contributed by atoms with Crippen LogP contribution in [-0.4, -0.2) is 36.1 Å². The van der Waals surface area contributed by atoms with Crippen molar-refractivity contribution in [1.29, 1.82) is 0 Å². The van der Waals surface area contributed by atoms with Gasteiger partial charge in [0.05, 0.1) is 6.10 Å². The Hall–Kier alpha value is -1.88. The second kappa shape index (κ2) is 9.56. The molecule has 0 aromatic heterocycles. The summed E-state index contributed by atoms with van der Waals surface area (Å²) in [5.41, 5.74) is 2.54. The average Bonchev–Trinajstić information content (AvgIpc) is 2.62. The molecule has 1 amide bonds. The Morgan fingerprint density at radius 1 is 1.16 bits per heavy atom. The fraction of sp³-hybridized carbons (Fsp3) is 0.350. The third kappa shape index (κ3) is 6.16. The lowest BCUT2D eigenvalue weighted by Crippen LogP contribution is -2.26. The van der Waals surface area contributed by atoms with Gasteiger partial charge in [-0.1, -0.05) is 48.0 Å². The molecule has 1 atom stereocenters. The minimum Gasteiger partial charge on any atom is -0.388 e. The van der Waals surface area contributed by atoms with Gasteiger partial charge in [-0.15, -0.1) is 0 Å². The first-order valence-corrected chi connectivity index (χ1v) is 8.81. The van der Waals surface area contributed by atoms with Gasteiger partial charge in [0, 0.05) is 30.2 Å². The van der Waals surface area contributed by atoms with Crippen LogP contribution in [0.1, 0.15) is 30.1 Å². The van der Waals surface area contributed by atoms with Crippen LogP contribution < -0.4 is 5.32 Å². The number of carbonyl (C=O) groups excluding carboxylic acids is 1. The van der Waals surface area contributed by atoms with Gasteiger partial charge < -0.3 is 15.3 Å². The number of nitrogens with one attached hydrogen (secondary N) is 1. The molecular formula is C20H25ClN2O2. The Morgan fingerprint density at radius 3 is 2.60 bits per heavy atom. The van der Waals surface area contributed by atoms with E-state index in [1.54, 1.807) is 6.07 Å². The second-order valence-corrected chi connectivity index (χ2v) is 6.64. The van der Waals surface area contributed by atoms with Crippen LogP contribution in [0, 0.1) is 6.92 Å². The molecule has 134 valence electrons. The molecule has 2 aromatic rings. The maximum absolute atomic E-state index is 12.1. The topological polar surface area (TPSA) is 52.6 Å². The highest BCUT2D eigenvalue weighted by Crippen LogP contribution is 2.23. The molecule has 2 aromatic carbocycles. The number of hydrogen-bond donors (Lipinski definition) is 2. The van der Waals surface area contributed by atoms with E-state index in [1.165, 1.54) is 0 Å². The molecule has 0 fully saturated rings. The second-order valence-electron chi connectivity index (χ2n) is 6.23. The van der Waals surface area contributed by atoms with E-state index in [0.29, 0.717) is 24.4 Å². The number of benzene rings is 2. The number of anilines is 1. The average molecular weight is 361 g/mol. The summed E-state index contributed by atoms with van der Waals surface area (Å²) in [5, 5.41) is 13.7. The molecule has 25 heavy (non-hydrogen) atoms. The monoisotopic (exact) mass is 360 g/mol. The summed E-state index contributed by atoms with van der Waals surface area (Å²) in [6, 6.07) is 15.1. The Labute approximate surface area is 154 Å². The standard InChI is InChI=1S/C20H25ClN2O2/c1-15-17(21)9-6-10-18(15)22-20(25)12-14-23(2)13-11-19(24)16-7-4-3-5-8-16/h3-10,19,24H,11-14H2,1-2H3,(H,22,25). The molecule has 5 heteroatoms. The van der Waals surface area contributed by atoms with Gasteiger partial charge in [-0.3, -0.25) is 4.79 Å². The summed E-state index contributed by atoms with van der Waals surface area (Å²) >= 11 is 6.06. The molecule has 2 N–H and O–H groups in total. The Morgan fingerprint density at radius 2 is 1.88 bits per heavy atom. The highest BCUT2D eigenvalue weighted by molar-refractivity contribution is 6.31. The van der Waals surface area contributed by atoms with E-state index in [2.05, 4.69) is 10.2 Å². The zero-order valence-corrected chi connectivity index (χ0v) is 15.5. The maximum Gasteiger partial charge on any atom is 0.225 e. The summed E-state index contributed by atoms with van der Waals surface area (Å²) in [7, 11) is 1.95. The summed E-state index contributed by atoms with van der Waals surface area (Å²) in [4.78, 5) is 14.2. The number of amides is 1. The van der Waals surface area contributed by atoms with Gasteiger partial charge in [0.25, 0.3) is 0 Å². The van der Waals surface area contributed by atoms with Gasteiger partial charge in [-0.2, -0.15) is 0 Å². The van der Waals surface area contributed by atoms with Crippen molar-refractivity contribution in [3.63, 3.8) is 0 Å². The summed E-state index contributed by atoms with van der Waals surface area (Å²) < 4.78 is 0. The fourth-order valence-corrected chi connectivity index (χ4v) is 2.72. The van der Waals surface area contributed by atoms with Crippen LogP contribution in [0.2, 0.25) is 5.02 Å². The van der Waals surface area contributed by atoms with Crippen LogP contribution in [-0.2, 0) is 4.79 Å². The number of rotatable bonds is 8. The highest BCUT2D eigenvalue weighted by atomic mass is 35.5. The lowest BCUT2D eigenvalue weighted by Gasteiger charge is -2.19. The van der Waals surface area contributed by atoms with Crippen molar-refractivity contribution in [2.75, 3.05) is 25.5 Å². The third-order valence-corrected chi connectivity index (χ3v) is 4.64. The highest BCUT2D eigenvalue weighted by Gasteiger charge is 2.11. The van der Waals surface area contributed by atoms with E-state index in [1.807, 2.05) is 56.4 Å². The van der Waals surface area contributed by atoms with Gasteiger partial charge in [0.2, 0.25) is 5.91 Å². The van der Waals surface area contributed by atoms with Gasteiger partial charge in [-0.05, 0) is 43.7 Å². The molecule has 0 saturated carbocycles. The van der Waals surface area contributed by atoms with Crippen molar-refractivity contribution >= 4 is 23.2 Å². The van der Waals surface area contributed by atoms with Crippen molar-refractivity contribution < 1.29 is 9.90 Å². The Balaban J connectivity index is 1.73. The third-order valence-electron chi connectivity index (χ3n) is 4.23. The molecule has 2 rings (SSSR count). The van der Waals surface area contributed by atoms with E-state index >= 15 is 0 Å². The smallest absolute Gasteiger partial charge is 0.225 e. The normalized spacial score (nSPS) is 12.2. The molecule has 0 heterocycles. The minimum atomic E-state index is -0.480. The summed E-state index contributed by atoms with van der Waals surface area (Å²) in [6.07, 6.45) is 0.547. The minimum absolute atomic E-state index is 0.0409. The van der Waals surface area contributed by atoms with Gasteiger partial charge in [-0.25, -0.2) is 0 Å². The number of nitrogens with zero attached hydrogens (tertiary/aromatic N) is 1. The molecule has 1 unspecified atom stereocenters. The SMILES string of the molecule is Cc1c(Cl)cccc1NC(=O)CCN(C)CCC(O)c1ccccc1. The van der Waals surface area contributed by atoms with E-state index in [9.17, 15) is 9.90 Å². The molecule has 0 aliphatic rings. The number of carbonyl (C=O) groups is 1. The van der Waals surface area contributed by atoms with Gasteiger partial charge in [0.15, 0.2) is 0 Å².